The quantitative estimate of drug-likeness (QED) is 0.245. The molecule has 38 heavy (non-hydrogen) atoms. The molecule has 3 nitrogen and oxygen atoms in total. The molecule has 3 heterocycles. The largest absolute Gasteiger partial charge is 0.309 e. The third kappa shape index (κ3) is 2.99. The first-order chi connectivity index (χ1) is 18.9. The van der Waals surface area contributed by atoms with Crippen molar-refractivity contribution in [2.45, 2.75) is 0 Å². The summed E-state index contributed by atoms with van der Waals surface area (Å²) in [4.78, 5) is 4.97. The minimum Gasteiger partial charge on any atom is -0.309 e. The summed E-state index contributed by atoms with van der Waals surface area (Å²) in [5.74, 6) is 0. The number of fused-ring (bicyclic) bond motifs is 6. The normalized spacial score (nSPS) is 11.7. The number of aromatic nitrogens is 3. The van der Waals surface area contributed by atoms with Gasteiger partial charge >= 0.3 is 0 Å². The maximum Gasteiger partial charge on any atom is 0.0802 e. The lowest BCUT2D eigenvalue weighted by Crippen LogP contribution is -1.94. The van der Waals surface area contributed by atoms with Crippen molar-refractivity contribution in [2.24, 2.45) is 0 Å². The highest BCUT2D eigenvalue weighted by atomic mass is 15.0. The zero-order chi connectivity index (χ0) is 25.1. The fourth-order valence-electron chi connectivity index (χ4n) is 5.96. The summed E-state index contributed by atoms with van der Waals surface area (Å²) in [5, 5.41) is 4.86. The molecular weight excluding hydrogens is 462 g/mol. The zero-order valence-corrected chi connectivity index (χ0v) is 20.6. The Morgan fingerprint density at radius 2 is 0.974 bits per heavy atom. The monoisotopic (exact) mass is 485 g/mol. The highest BCUT2D eigenvalue weighted by Crippen LogP contribution is 2.39. The number of hydrogen-bond donors (Lipinski definition) is 0. The Kier molecular flexibility index (Phi) is 4.52. The van der Waals surface area contributed by atoms with Crippen molar-refractivity contribution in [3.63, 3.8) is 0 Å². The summed E-state index contributed by atoms with van der Waals surface area (Å²) in [6, 6.07) is 47.4. The summed E-state index contributed by atoms with van der Waals surface area (Å²) in [5.41, 5.74) is 9.19. The molecule has 0 radical (unpaired) electrons. The summed E-state index contributed by atoms with van der Waals surface area (Å²) < 4.78 is 4.69. The molecule has 0 N–H and O–H groups in total. The lowest BCUT2D eigenvalue weighted by atomic mass is 10.0. The maximum absolute atomic E-state index is 4.97. The third-order valence-corrected chi connectivity index (χ3v) is 7.56. The Morgan fingerprint density at radius 1 is 0.421 bits per heavy atom. The molecule has 0 amide bonds. The lowest BCUT2D eigenvalue weighted by molar-refractivity contribution is 1.17. The van der Waals surface area contributed by atoms with E-state index in [9.17, 15) is 0 Å². The molecule has 0 bridgehead atoms. The van der Waals surface area contributed by atoms with Crippen molar-refractivity contribution in [1.82, 2.24) is 14.1 Å². The van der Waals surface area contributed by atoms with Gasteiger partial charge in [0.25, 0.3) is 0 Å². The predicted molar refractivity (Wildman–Crippen MR) is 158 cm³/mol. The zero-order valence-electron chi connectivity index (χ0n) is 20.6. The molecule has 3 heteroatoms. The van der Waals surface area contributed by atoms with Crippen LogP contribution in [0.15, 0.2) is 140 Å². The van der Waals surface area contributed by atoms with E-state index < -0.39 is 0 Å². The maximum atomic E-state index is 4.97. The second-order valence-electron chi connectivity index (χ2n) is 9.66. The van der Waals surface area contributed by atoms with Crippen LogP contribution in [0, 0.1) is 0 Å². The van der Waals surface area contributed by atoms with Crippen LogP contribution in [0.25, 0.3) is 66.2 Å². The van der Waals surface area contributed by atoms with Crippen molar-refractivity contribution in [1.29, 1.82) is 0 Å². The van der Waals surface area contributed by atoms with E-state index >= 15 is 0 Å². The molecule has 0 saturated heterocycles. The van der Waals surface area contributed by atoms with Gasteiger partial charge in [-0.1, -0.05) is 78.9 Å². The van der Waals surface area contributed by atoms with Crippen molar-refractivity contribution in [2.75, 3.05) is 0 Å². The third-order valence-electron chi connectivity index (χ3n) is 7.56. The van der Waals surface area contributed by atoms with Crippen LogP contribution in [0.2, 0.25) is 0 Å². The van der Waals surface area contributed by atoms with Crippen LogP contribution < -0.4 is 0 Å². The van der Waals surface area contributed by atoms with Crippen molar-refractivity contribution < 1.29 is 0 Å². The summed E-state index contributed by atoms with van der Waals surface area (Å²) in [6.07, 6.45) is 1.94. The molecule has 0 spiro atoms. The number of hydrogen-bond acceptors (Lipinski definition) is 1. The van der Waals surface area contributed by atoms with Crippen molar-refractivity contribution >= 4 is 43.6 Å². The topological polar surface area (TPSA) is 22.8 Å². The van der Waals surface area contributed by atoms with E-state index in [1.165, 1.54) is 38.1 Å². The van der Waals surface area contributed by atoms with Crippen LogP contribution in [0.3, 0.4) is 0 Å². The van der Waals surface area contributed by atoms with Crippen LogP contribution in [0.4, 0.5) is 0 Å². The van der Waals surface area contributed by atoms with Crippen LogP contribution in [0.1, 0.15) is 0 Å². The Labute approximate surface area is 219 Å². The van der Waals surface area contributed by atoms with E-state index in [1.54, 1.807) is 0 Å². The van der Waals surface area contributed by atoms with Gasteiger partial charge in [-0.15, -0.1) is 0 Å². The second kappa shape index (κ2) is 8.19. The SMILES string of the molecule is c1ccc(-n2c3ccccc3c3cc(-c4nccc5c4c4ccccc4n5-c4ccccc4)ccc32)cc1. The van der Waals surface area contributed by atoms with Gasteiger partial charge in [0.15, 0.2) is 0 Å². The van der Waals surface area contributed by atoms with Gasteiger partial charge in [0.05, 0.1) is 27.8 Å². The van der Waals surface area contributed by atoms with Crippen LogP contribution in [0.5, 0.6) is 0 Å². The van der Waals surface area contributed by atoms with E-state index in [4.69, 9.17) is 4.98 Å². The fourth-order valence-corrected chi connectivity index (χ4v) is 5.96. The molecule has 0 aliphatic rings. The summed E-state index contributed by atoms with van der Waals surface area (Å²) in [6.45, 7) is 0. The van der Waals surface area contributed by atoms with E-state index in [0.29, 0.717) is 0 Å². The summed E-state index contributed by atoms with van der Waals surface area (Å²) >= 11 is 0. The highest BCUT2D eigenvalue weighted by molar-refractivity contribution is 6.16. The molecule has 178 valence electrons. The van der Waals surface area contributed by atoms with E-state index in [0.717, 1.165) is 28.1 Å². The predicted octanol–water partition coefficient (Wildman–Crippen LogP) is 8.94. The number of pyridine rings is 1. The van der Waals surface area contributed by atoms with Crippen LogP contribution >= 0.6 is 0 Å². The summed E-state index contributed by atoms with van der Waals surface area (Å²) in [7, 11) is 0. The van der Waals surface area contributed by atoms with Gasteiger partial charge in [0, 0.05) is 44.7 Å². The van der Waals surface area contributed by atoms with Gasteiger partial charge in [-0.25, -0.2) is 0 Å². The number of nitrogens with zero attached hydrogens (tertiary/aromatic N) is 3. The molecule has 0 aliphatic carbocycles. The molecule has 8 rings (SSSR count). The standard InChI is InChI=1S/C35H23N3/c1-3-11-25(12-4-1)37-30-17-9-7-15-27(30)29-23-24(19-20-32(29)37)35-34-28-16-8-10-18-31(28)38(33(34)21-22-36-35)26-13-5-2-6-14-26/h1-23H. The van der Waals surface area contributed by atoms with Gasteiger partial charge in [0.1, 0.15) is 0 Å². The minimum atomic E-state index is 1.01. The first-order valence-corrected chi connectivity index (χ1v) is 12.9. The first kappa shape index (κ1) is 21.0. The van der Waals surface area contributed by atoms with Crippen LogP contribution in [-0.2, 0) is 0 Å². The lowest BCUT2D eigenvalue weighted by Gasteiger charge is -2.09. The molecular formula is C35H23N3. The second-order valence-corrected chi connectivity index (χ2v) is 9.66. The van der Waals surface area contributed by atoms with E-state index in [-0.39, 0.29) is 0 Å². The number of para-hydroxylation sites is 4. The Hall–Kier alpha value is -5.15. The van der Waals surface area contributed by atoms with Crippen LogP contribution in [-0.4, -0.2) is 14.1 Å². The Bertz CT molecular complexity index is 2120. The minimum absolute atomic E-state index is 1.01. The van der Waals surface area contributed by atoms with Crippen molar-refractivity contribution in [3.05, 3.63) is 140 Å². The average molecular weight is 486 g/mol. The molecule has 0 saturated carbocycles. The van der Waals surface area contributed by atoms with E-state index in [1.807, 2.05) is 6.20 Å². The first-order valence-electron chi connectivity index (χ1n) is 12.9. The molecule has 0 aliphatic heterocycles. The van der Waals surface area contributed by atoms with Gasteiger partial charge < -0.3 is 9.13 Å². The van der Waals surface area contributed by atoms with Gasteiger partial charge in [0.2, 0.25) is 0 Å². The van der Waals surface area contributed by atoms with Gasteiger partial charge in [-0.2, -0.15) is 0 Å². The molecule has 8 aromatic rings. The molecule has 3 aromatic heterocycles. The van der Waals surface area contributed by atoms with E-state index in [2.05, 4.69) is 143 Å². The number of benzene rings is 5. The smallest absolute Gasteiger partial charge is 0.0802 e. The molecule has 0 unspecified atom stereocenters. The Morgan fingerprint density at radius 3 is 1.68 bits per heavy atom. The Balaban J connectivity index is 1.44. The highest BCUT2D eigenvalue weighted by Gasteiger charge is 2.18. The van der Waals surface area contributed by atoms with Gasteiger partial charge in [-0.3, -0.25) is 4.98 Å². The average Bonchev–Trinajstić information content (AvgIpc) is 3.51. The number of rotatable bonds is 3. The van der Waals surface area contributed by atoms with Gasteiger partial charge in [-0.05, 0) is 54.6 Å². The molecule has 5 aromatic carbocycles. The molecule has 0 atom stereocenters. The van der Waals surface area contributed by atoms with Crippen molar-refractivity contribution in [3.8, 4) is 22.6 Å². The fraction of sp³-hybridized carbons (Fsp3) is 0. The molecule has 0 fully saturated rings.